The zero-order chi connectivity index (χ0) is 21.3. The van der Waals surface area contributed by atoms with Crippen molar-refractivity contribution < 1.29 is 14.2 Å². The van der Waals surface area contributed by atoms with Crippen molar-refractivity contribution in [1.29, 1.82) is 0 Å². The Morgan fingerprint density at radius 3 is 2.50 bits per heavy atom. The van der Waals surface area contributed by atoms with Crippen molar-refractivity contribution in [2.24, 2.45) is 0 Å². The Morgan fingerprint density at radius 1 is 0.900 bits per heavy atom. The van der Waals surface area contributed by atoms with E-state index in [0.717, 1.165) is 26.9 Å². The maximum Gasteiger partial charge on any atom is 0.175 e. The van der Waals surface area contributed by atoms with E-state index in [1.54, 1.807) is 7.11 Å². The molecule has 158 valence electrons. The van der Waals surface area contributed by atoms with Gasteiger partial charge in [0.15, 0.2) is 11.5 Å². The molecule has 0 heterocycles. The van der Waals surface area contributed by atoms with Crippen molar-refractivity contribution in [3.05, 3.63) is 86.8 Å². The van der Waals surface area contributed by atoms with Gasteiger partial charge >= 0.3 is 0 Å². The molecule has 0 atom stereocenters. The maximum absolute atomic E-state index is 6.07. The van der Waals surface area contributed by atoms with Gasteiger partial charge in [-0.15, -0.1) is 0 Å². The van der Waals surface area contributed by atoms with Gasteiger partial charge in [-0.25, -0.2) is 0 Å². The average molecular weight is 491 g/mol. The number of hydrogen-bond acceptors (Lipinski definition) is 4. The van der Waals surface area contributed by atoms with Crippen LogP contribution in [0.4, 0.5) is 0 Å². The van der Waals surface area contributed by atoms with Gasteiger partial charge in [0, 0.05) is 23.7 Å². The summed E-state index contributed by atoms with van der Waals surface area (Å²) >= 11 is 9.70. The van der Waals surface area contributed by atoms with E-state index in [4.69, 9.17) is 25.8 Å². The van der Waals surface area contributed by atoms with Crippen LogP contribution in [-0.4, -0.2) is 13.7 Å². The Balaban J connectivity index is 1.69. The SMILES string of the molecule is CCOc1cc(CNCc2ccccc2OC)cc(Br)c1OCc1cccc(Cl)c1. The average Bonchev–Trinajstić information content (AvgIpc) is 2.74. The molecule has 0 saturated heterocycles. The van der Waals surface area contributed by atoms with E-state index in [2.05, 4.69) is 27.3 Å². The lowest BCUT2D eigenvalue weighted by molar-refractivity contribution is 0.267. The van der Waals surface area contributed by atoms with Gasteiger partial charge in [0.1, 0.15) is 12.4 Å². The molecular formula is C24H25BrClNO3. The highest BCUT2D eigenvalue weighted by Gasteiger charge is 2.13. The second-order valence-electron chi connectivity index (χ2n) is 6.67. The van der Waals surface area contributed by atoms with Gasteiger partial charge in [-0.1, -0.05) is 41.9 Å². The number of para-hydroxylation sites is 1. The van der Waals surface area contributed by atoms with Crippen LogP contribution in [0.15, 0.2) is 65.1 Å². The molecule has 0 amide bonds. The highest BCUT2D eigenvalue weighted by Crippen LogP contribution is 2.37. The highest BCUT2D eigenvalue weighted by molar-refractivity contribution is 9.10. The van der Waals surface area contributed by atoms with Crippen LogP contribution in [0.1, 0.15) is 23.6 Å². The molecule has 0 bridgehead atoms. The number of ether oxygens (including phenoxy) is 3. The van der Waals surface area contributed by atoms with E-state index >= 15 is 0 Å². The van der Waals surface area contributed by atoms with E-state index in [-0.39, 0.29) is 0 Å². The van der Waals surface area contributed by atoms with Crippen molar-refractivity contribution in [3.63, 3.8) is 0 Å². The number of benzene rings is 3. The number of halogens is 2. The number of rotatable bonds is 10. The Bertz CT molecular complexity index is 980. The zero-order valence-electron chi connectivity index (χ0n) is 17.1. The highest BCUT2D eigenvalue weighted by atomic mass is 79.9. The normalized spacial score (nSPS) is 10.7. The van der Waals surface area contributed by atoms with Crippen LogP contribution in [-0.2, 0) is 19.7 Å². The second kappa shape index (κ2) is 11.3. The van der Waals surface area contributed by atoms with E-state index in [1.807, 2.05) is 61.5 Å². The maximum atomic E-state index is 6.07. The number of methoxy groups -OCH3 is 1. The minimum absolute atomic E-state index is 0.407. The summed E-state index contributed by atoms with van der Waals surface area (Å²) in [4.78, 5) is 0. The molecule has 4 nitrogen and oxygen atoms in total. The summed E-state index contributed by atoms with van der Waals surface area (Å²) in [5.41, 5.74) is 3.21. The first-order valence-electron chi connectivity index (χ1n) is 9.75. The monoisotopic (exact) mass is 489 g/mol. The predicted molar refractivity (Wildman–Crippen MR) is 125 cm³/mol. The summed E-state index contributed by atoms with van der Waals surface area (Å²) in [6.07, 6.45) is 0. The number of hydrogen-bond donors (Lipinski definition) is 1. The van der Waals surface area contributed by atoms with Crippen LogP contribution in [0.25, 0.3) is 0 Å². The van der Waals surface area contributed by atoms with Crippen LogP contribution >= 0.6 is 27.5 Å². The third-order valence-corrected chi connectivity index (χ3v) is 5.30. The first-order valence-corrected chi connectivity index (χ1v) is 10.9. The summed E-state index contributed by atoms with van der Waals surface area (Å²) in [5, 5.41) is 4.15. The molecule has 0 aliphatic heterocycles. The van der Waals surface area contributed by atoms with Crippen LogP contribution in [0.3, 0.4) is 0 Å². The van der Waals surface area contributed by atoms with Gasteiger partial charge in [0.25, 0.3) is 0 Å². The summed E-state index contributed by atoms with van der Waals surface area (Å²) in [6, 6.07) is 19.7. The molecule has 6 heteroatoms. The van der Waals surface area contributed by atoms with Gasteiger partial charge < -0.3 is 19.5 Å². The summed E-state index contributed by atoms with van der Waals surface area (Å²) < 4.78 is 18.2. The van der Waals surface area contributed by atoms with Gasteiger partial charge in [0.2, 0.25) is 0 Å². The predicted octanol–water partition coefficient (Wildman–Crippen LogP) is 6.38. The molecule has 3 rings (SSSR count). The lowest BCUT2D eigenvalue weighted by atomic mass is 10.1. The Morgan fingerprint density at radius 2 is 1.73 bits per heavy atom. The van der Waals surface area contributed by atoms with Crippen molar-refractivity contribution in [1.82, 2.24) is 5.32 Å². The molecule has 0 radical (unpaired) electrons. The molecule has 0 spiro atoms. The standard InChI is InChI=1S/C24H25BrClNO3/c1-3-29-23-13-18(14-27-15-19-8-4-5-10-22(19)28-2)12-21(25)24(23)30-16-17-7-6-9-20(26)11-17/h4-13,27H,3,14-16H2,1-2H3. The molecule has 30 heavy (non-hydrogen) atoms. The largest absolute Gasteiger partial charge is 0.496 e. The Kier molecular flexibility index (Phi) is 8.43. The zero-order valence-corrected chi connectivity index (χ0v) is 19.4. The summed E-state index contributed by atoms with van der Waals surface area (Å²) in [7, 11) is 1.69. The van der Waals surface area contributed by atoms with Crippen molar-refractivity contribution in [2.75, 3.05) is 13.7 Å². The van der Waals surface area contributed by atoms with Crippen molar-refractivity contribution >= 4 is 27.5 Å². The Hall–Kier alpha value is -2.21. The molecular weight excluding hydrogens is 466 g/mol. The van der Waals surface area contributed by atoms with E-state index in [1.165, 1.54) is 0 Å². The lowest BCUT2D eigenvalue weighted by Gasteiger charge is -2.16. The molecule has 0 aliphatic carbocycles. The molecule has 0 aromatic heterocycles. The van der Waals surface area contributed by atoms with Gasteiger partial charge in [-0.05, 0) is 64.3 Å². The van der Waals surface area contributed by atoms with Gasteiger partial charge in [-0.2, -0.15) is 0 Å². The second-order valence-corrected chi connectivity index (χ2v) is 7.96. The van der Waals surface area contributed by atoms with Crippen LogP contribution in [0.5, 0.6) is 17.2 Å². The van der Waals surface area contributed by atoms with Crippen LogP contribution < -0.4 is 19.5 Å². The first kappa shape index (κ1) is 22.5. The minimum atomic E-state index is 0.407. The molecule has 1 N–H and O–H groups in total. The molecule has 0 unspecified atom stereocenters. The first-order chi connectivity index (χ1) is 14.6. The van der Waals surface area contributed by atoms with Crippen molar-refractivity contribution in [2.45, 2.75) is 26.6 Å². The molecule has 0 saturated carbocycles. The fourth-order valence-corrected chi connectivity index (χ4v) is 3.92. The smallest absolute Gasteiger partial charge is 0.175 e. The minimum Gasteiger partial charge on any atom is -0.496 e. The van der Waals surface area contributed by atoms with Gasteiger partial charge in [0.05, 0.1) is 18.2 Å². The fraction of sp³-hybridized carbons (Fsp3) is 0.250. The topological polar surface area (TPSA) is 39.7 Å². The summed E-state index contributed by atoms with van der Waals surface area (Å²) in [6.45, 7) is 4.31. The third-order valence-electron chi connectivity index (χ3n) is 4.48. The molecule has 3 aromatic rings. The van der Waals surface area contributed by atoms with E-state index in [0.29, 0.717) is 42.8 Å². The Labute approximate surface area is 191 Å². The third kappa shape index (κ3) is 6.14. The van der Waals surface area contributed by atoms with Crippen molar-refractivity contribution in [3.8, 4) is 17.2 Å². The quantitative estimate of drug-likeness (QED) is 0.358. The van der Waals surface area contributed by atoms with E-state index in [9.17, 15) is 0 Å². The molecule has 0 aliphatic rings. The van der Waals surface area contributed by atoms with Gasteiger partial charge in [-0.3, -0.25) is 0 Å². The summed E-state index contributed by atoms with van der Waals surface area (Å²) in [5.74, 6) is 2.28. The molecule has 0 fully saturated rings. The van der Waals surface area contributed by atoms with E-state index < -0.39 is 0 Å². The number of nitrogens with one attached hydrogen (secondary N) is 1. The lowest BCUT2D eigenvalue weighted by Crippen LogP contribution is -2.13. The van der Waals surface area contributed by atoms with Crippen LogP contribution in [0, 0.1) is 0 Å². The fourth-order valence-electron chi connectivity index (χ4n) is 3.10. The molecule has 3 aromatic carbocycles. The van der Waals surface area contributed by atoms with Crippen LogP contribution in [0.2, 0.25) is 5.02 Å².